The summed E-state index contributed by atoms with van der Waals surface area (Å²) < 4.78 is 0. The molecule has 2 atom stereocenters. The van der Waals surface area contributed by atoms with Crippen LogP contribution in [-0.4, -0.2) is 5.71 Å². The number of hydrogen-bond acceptors (Lipinski definition) is 1. The predicted molar refractivity (Wildman–Crippen MR) is 100 cm³/mol. The molecule has 1 rings (SSSR count). The molecule has 0 saturated carbocycles. The fourth-order valence-electron chi connectivity index (χ4n) is 3.32. The summed E-state index contributed by atoms with van der Waals surface area (Å²) in [5, 5.41) is 0. The van der Waals surface area contributed by atoms with Crippen LogP contribution in [-0.2, 0) is 0 Å². The molecule has 0 heterocycles. The van der Waals surface area contributed by atoms with Crippen LogP contribution in [0.25, 0.3) is 0 Å². The van der Waals surface area contributed by atoms with E-state index in [-0.39, 0.29) is 0 Å². The van der Waals surface area contributed by atoms with Crippen LogP contribution in [0.1, 0.15) is 80.1 Å². The van der Waals surface area contributed by atoms with Crippen molar-refractivity contribution in [1.29, 1.82) is 0 Å². The smallest absolute Gasteiger partial charge is 0.0618 e. The molecule has 124 valence electrons. The van der Waals surface area contributed by atoms with E-state index in [1.54, 1.807) is 5.57 Å². The molecule has 0 radical (unpaired) electrons. The van der Waals surface area contributed by atoms with Gasteiger partial charge >= 0.3 is 0 Å². The van der Waals surface area contributed by atoms with Crippen molar-refractivity contribution in [3.8, 4) is 0 Å². The van der Waals surface area contributed by atoms with Crippen molar-refractivity contribution in [2.45, 2.75) is 80.1 Å². The number of hydrogen-bond donors (Lipinski definition) is 0. The van der Waals surface area contributed by atoms with Gasteiger partial charge in [0, 0.05) is 5.71 Å². The van der Waals surface area contributed by atoms with Gasteiger partial charge in [0.25, 0.3) is 0 Å². The van der Waals surface area contributed by atoms with E-state index in [1.807, 2.05) is 0 Å². The van der Waals surface area contributed by atoms with Gasteiger partial charge in [-0.1, -0.05) is 70.8 Å². The first kappa shape index (κ1) is 18.9. The van der Waals surface area contributed by atoms with Crippen LogP contribution in [0.5, 0.6) is 0 Å². The minimum atomic E-state index is 0.575. The van der Waals surface area contributed by atoms with Crippen LogP contribution in [0.4, 0.5) is 0 Å². The van der Waals surface area contributed by atoms with Crippen molar-refractivity contribution < 1.29 is 0 Å². The molecule has 0 saturated heterocycles. The molecule has 0 aromatic heterocycles. The molecule has 0 aromatic carbocycles. The highest BCUT2D eigenvalue weighted by atomic mass is 14.8. The summed E-state index contributed by atoms with van der Waals surface area (Å²) in [5.41, 5.74) is 5.43. The maximum absolute atomic E-state index is 5.00. The molecule has 2 unspecified atom stereocenters. The lowest BCUT2D eigenvalue weighted by atomic mass is 9.85. The van der Waals surface area contributed by atoms with E-state index in [9.17, 15) is 0 Å². The highest BCUT2D eigenvalue weighted by molar-refractivity contribution is 5.85. The second-order valence-electron chi connectivity index (χ2n) is 6.54. The van der Waals surface area contributed by atoms with Gasteiger partial charge in [-0.25, -0.2) is 0 Å². The van der Waals surface area contributed by atoms with E-state index in [4.69, 9.17) is 4.99 Å². The zero-order valence-electron chi connectivity index (χ0n) is 15.6. The maximum Gasteiger partial charge on any atom is 0.0618 e. The summed E-state index contributed by atoms with van der Waals surface area (Å²) >= 11 is 0. The highest BCUT2D eigenvalue weighted by Gasteiger charge is 2.18. The third kappa shape index (κ3) is 5.26. The van der Waals surface area contributed by atoms with Gasteiger partial charge in [-0.2, -0.15) is 0 Å². The van der Waals surface area contributed by atoms with Crippen molar-refractivity contribution >= 4 is 5.71 Å². The van der Waals surface area contributed by atoms with Crippen molar-refractivity contribution in [3.63, 3.8) is 0 Å². The third-order valence-corrected chi connectivity index (χ3v) is 5.14. The van der Waals surface area contributed by atoms with Crippen LogP contribution in [0, 0.1) is 11.8 Å². The Kier molecular flexibility index (Phi) is 8.45. The molecule has 0 fully saturated rings. The monoisotopic (exact) mass is 301 g/mol. The Bertz CT molecular complexity index is 462. The quantitative estimate of drug-likeness (QED) is 0.434. The standard InChI is InChI=1S/C21H35N/c1-7-11-19(9-3)16(5)17(6)22-21(10-4)20-14-12-18(8-2)13-15-20/h10,12,14,16,19H,7-9,11,13,15H2,1-6H3/b21-10-,22-17+. The zero-order valence-corrected chi connectivity index (χ0v) is 15.6. The number of aliphatic imine (C=N–C) groups is 1. The molecule has 1 aliphatic rings. The second-order valence-corrected chi connectivity index (χ2v) is 6.54. The number of rotatable bonds is 8. The van der Waals surface area contributed by atoms with E-state index in [0.717, 1.165) is 12.3 Å². The molecular weight excluding hydrogens is 266 g/mol. The molecule has 0 aliphatic heterocycles. The van der Waals surface area contributed by atoms with E-state index >= 15 is 0 Å². The molecule has 0 aromatic rings. The van der Waals surface area contributed by atoms with Gasteiger partial charge in [-0.3, -0.25) is 4.99 Å². The Morgan fingerprint density at radius 2 is 1.95 bits per heavy atom. The largest absolute Gasteiger partial charge is 0.258 e. The number of allylic oxidation sites excluding steroid dienone is 5. The van der Waals surface area contributed by atoms with E-state index in [0.29, 0.717) is 5.92 Å². The summed E-state index contributed by atoms with van der Waals surface area (Å²) in [4.78, 5) is 5.00. The summed E-state index contributed by atoms with van der Waals surface area (Å²) in [6.45, 7) is 13.5. The molecule has 0 N–H and O–H groups in total. The van der Waals surface area contributed by atoms with Gasteiger partial charge in [-0.05, 0) is 50.5 Å². The first-order chi connectivity index (χ1) is 10.6. The molecule has 1 heteroatoms. The van der Waals surface area contributed by atoms with Crippen LogP contribution in [0.15, 0.2) is 40.1 Å². The van der Waals surface area contributed by atoms with Gasteiger partial charge in [0.05, 0.1) is 5.70 Å². The highest BCUT2D eigenvalue weighted by Crippen LogP contribution is 2.28. The Hall–Kier alpha value is -1.11. The predicted octanol–water partition coefficient (Wildman–Crippen LogP) is 6.87. The molecule has 1 nitrogen and oxygen atoms in total. The fourth-order valence-corrected chi connectivity index (χ4v) is 3.32. The average Bonchev–Trinajstić information content (AvgIpc) is 2.56. The normalized spacial score (nSPS) is 19.5. The van der Waals surface area contributed by atoms with Gasteiger partial charge in [-0.15, -0.1) is 0 Å². The summed E-state index contributed by atoms with van der Waals surface area (Å²) in [6.07, 6.45) is 14.1. The Morgan fingerprint density at radius 3 is 2.41 bits per heavy atom. The van der Waals surface area contributed by atoms with E-state index in [1.165, 1.54) is 49.1 Å². The summed E-state index contributed by atoms with van der Waals surface area (Å²) in [7, 11) is 0. The first-order valence-corrected chi connectivity index (χ1v) is 9.17. The molecule has 0 bridgehead atoms. The Balaban J connectivity index is 2.88. The lowest BCUT2D eigenvalue weighted by molar-refractivity contribution is 0.393. The van der Waals surface area contributed by atoms with Crippen LogP contribution >= 0.6 is 0 Å². The van der Waals surface area contributed by atoms with Crippen LogP contribution in [0.3, 0.4) is 0 Å². The maximum atomic E-state index is 5.00. The summed E-state index contributed by atoms with van der Waals surface area (Å²) in [5.74, 6) is 1.34. The summed E-state index contributed by atoms with van der Waals surface area (Å²) in [6, 6.07) is 0. The Labute approximate surface area is 138 Å². The zero-order chi connectivity index (χ0) is 16.5. The van der Waals surface area contributed by atoms with Gasteiger partial charge in [0.1, 0.15) is 0 Å². The second kappa shape index (κ2) is 9.82. The lowest BCUT2D eigenvalue weighted by Crippen LogP contribution is -2.18. The van der Waals surface area contributed by atoms with Crippen molar-refractivity contribution in [2.24, 2.45) is 16.8 Å². The first-order valence-electron chi connectivity index (χ1n) is 9.17. The molecule has 0 spiro atoms. The fraction of sp³-hybridized carbons (Fsp3) is 0.667. The van der Waals surface area contributed by atoms with Crippen LogP contribution < -0.4 is 0 Å². The molecule has 22 heavy (non-hydrogen) atoms. The van der Waals surface area contributed by atoms with Gasteiger partial charge in [0.2, 0.25) is 0 Å². The number of nitrogens with zero attached hydrogens (tertiary/aromatic N) is 1. The van der Waals surface area contributed by atoms with Gasteiger partial charge < -0.3 is 0 Å². The van der Waals surface area contributed by atoms with E-state index < -0.39 is 0 Å². The van der Waals surface area contributed by atoms with Crippen LogP contribution in [0.2, 0.25) is 0 Å². The van der Waals surface area contributed by atoms with E-state index in [2.05, 4.69) is 59.8 Å². The molecule has 1 aliphatic carbocycles. The Morgan fingerprint density at radius 1 is 1.23 bits per heavy atom. The molecule has 0 amide bonds. The van der Waals surface area contributed by atoms with Gasteiger partial charge in [0.15, 0.2) is 0 Å². The van der Waals surface area contributed by atoms with Crippen molar-refractivity contribution in [3.05, 3.63) is 35.1 Å². The molecular formula is C21H35N. The third-order valence-electron chi connectivity index (χ3n) is 5.14. The SMILES string of the molecule is C/C=C(\N=C(/C)C(C)C(CC)CCC)C1=CC=C(CC)CC1. The lowest BCUT2D eigenvalue weighted by Gasteiger charge is -2.23. The van der Waals surface area contributed by atoms with Crippen molar-refractivity contribution in [1.82, 2.24) is 0 Å². The topological polar surface area (TPSA) is 12.4 Å². The minimum Gasteiger partial charge on any atom is -0.258 e. The minimum absolute atomic E-state index is 0.575. The average molecular weight is 302 g/mol. The van der Waals surface area contributed by atoms with Crippen molar-refractivity contribution in [2.75, 3.05) is 0 Å².